The van der Waals surface area contributed by atoms with Gasteiger partial charge in [0.1, 0.15) is 5.54 Å². The molecule has 0 aromatic rings. The second kappa shape index (κ2) is 6.37. The van der Waals surface area contributed by atoms with Crippen molar-refractivity contribution >= 4 is 11.8 Å². The Hall–Kier alpha value is -1.06. The van der Waals surface area contributed by atoms with E-state index in [-0.39, 0.29) is 17.4 Å². The van der Waals surface area contributed by atoms with Crippen molar-refractivity contribution in [1.29, 1.82) is 0 Å². The second-order valence-electron chi connectivity index (χ2n) is 6.68. The third-order valence-electron chi connectivity index (χ3n) is 5.85. The Bertz CT molecular complexity index is 387. The first-order valence-electron chi connectivity index (χ1n) is 8.66. The van der Waals surface area contributed by atoms with E-state index in [4.69, 9.17) is 0 Å². The van der Waals surface area contributed by atoms with Crippen molar-refractivity contribution in [3.05, 3.63) is 0 Å². The Morgan fingerprint density at radius 3 is 2.14 bits per heavy atom. The molecule has 4 heteroatoms. The molecule has 2 rings (SSSR count). The van der Waals surface area contributed by atoms with Gasteiger partial charge in [-0.05, 0) is 32.1 Å². The maximum absolute atomic E-state index is 13.3. The third kappa shape index (κ3) is 2.82. The molecule has 0 aromatic heterocycles. The Balaban J connectivity index is 2.37. The van der Waals surface area contributed by atoms with Crippen molar-refractivity contribution in [2.45, 2.75) is 89.6 Å². The molecule has 0 aromatic carbocycles. The molecule has 2 amide bonds. The molecule has 120 valence electrons. The summed E-state index contributed by atoms with van der Waals surface area (Å²) in [6.07, 6.45) is 8.17. The number of amides is 2. The second-order valence-corrected chi connectivity index (χ2v) is 6.68. The predicted octanol–water partition coefficient (Wildman–Crippen LogP) is 3.01. The molecule has 1 saturated heterocycles. The Labute approximate surface area is 128 Å². The maximum atomic E-state index is 13.3. The minimum Gasteiger partial charge on any atom is -0.342 e. The topological polar surface area (TPSA) is 49.4 Å². The zero-order valence-corrected chi connectivity index (χ0v) is 13.8. The van der Waals surface area contributed by atoms with E-state index in [1.807, 2.05) is 0 Å². The summed E-state index contributed by atoms with van der Waals surface area (Å²) in [5.74, 6) is 0.226. The van der Waals surface area contributed by atoms with Crippen molar-refractivity contribution in [2.24, 2.45) is 0 Å². The van der Waals surface area contributed by atoms with Gasteiger partial charge in [-0.3, -0.25) is 9.59 Å². The molecule has 2 fully saturated rings. The average Bonchev–Trinajstić information content (AvgIpc) is 2.62. The number of carbonyl (C=O) groups is 2. The van der Waals surface area contributed by atoms with Crippen LogP contribution in [0.25, 0.3) is 0 Å². The molecule has 0 bridgehead atoms. The molecule has 4 nitrogen and oxygen atoms in total. The number of nitrogens with zero attached hydrogens (tertiary/aromatic N) is 1. The monoisotopic (exact) mass is 294 g/mol. The van der Waals surface area contributed by atoms with Crippen molar-refractivity contribution in [3.63, 3.8) is 0 Å². The molecule has 0 unspecified atom stereocenters. The fourth-order valence-corrected chi connectivity index (χ4v) is 4.23. The van der Waals surface area contributed by atoms with E-state index in [0.717, 1.165) is 44.9 Å². The largest absolute Gasteiger partial charge is 0.342 e. The van der Waals surface area contributed by atoms with E-state index in [1.54, 1.807) is 0 Å². The van der Waals surface area contributed by atoms with Crippen LogP contribution in [0.1, 0.15) is 78.6 Å². The molecule has 1 aliphatic heterocycles. The molecule has 1 spiro atoms. The molecule has 1 saturated carbocycles. The lowest BCUT2D eigenvalue weighted by atomic mass is 9.78. The smallest absolute Gasteiger partial charge is 0.248 e. The Morgan fingerprint density at radius 1 is 1.05 bits per heavy atom. The van der Waals surface area contributed by atoms with Gasteiger partial charge < -0.3 is 10.2 Å². The van der Waals surface area contributed by atoms with E-state index in [9.17, 15) is 9.59 Å². The van der Waals surface area contributed by atoms with Gasteiger partial charge >= 0.3 is 0 Å². The van der Waals surface area contributed by atoms with Crippen molar-refractivity contribution in [1.82, 2.24) is 10.2 Å². The fraction of sp³-hybridized carbons (Fsp3) is 0.882. The van der Waals surface area contributed by atoms with Crippen LogP contribution in [0.15, 0.2) is 0 Å². The predicted molar refractivity (Wildman–Crippen MR) is 83.9 cm³/mol. The van der Waals surface area contributed by atoms with Gasteiger partial charge in [0.05, 0.1) is 0 Å². The summed E-state index contributed by atoms with van der Waals surface area (Å²) in [7, 11) is 0. The highest BCUT2D eigenvalue weighted by atomic mass is 16.2. The highest BCUT2D eigenvalue weighted by Gasteiger charge is 2.49. The molecular weight excluding hydrogens is 264 g/mol. The van der Waals surface area contributed by atoms with Crippen LogP contribution >= 0.6 is 0 Å². The molecule has 2 aliphatic rings. The minimum atomic E-state index is -0.614. The van der Waals surface area contributed by atoms with Gasteiger partial charge in [-0.2, -0.15) is 0 Å². The fourth-order valence-electron chi connectivity index (χ4n) is 4.23. The van der Waals surface area contributed by atoms with E-state index < -0.39 is 5.54 Å². The van der Waals surface area contributed by atoms with Gasteiger partial charge in [0.2, 0.25) is 11.8 Å². The molecule has 1 aliphatic carbocycles. The van der Waals surface area contributed by atoms with Gasteiger partial charge in [-0.25, -0.2) is 0 Å². The van der Waals surface area contributed by atoms with Gasteiger partial charge in [0, 0.05) is 18.5 Å². The van der Waals surface area contributed by atoms with Crippen LogP contribution in [0.2, 0.25) is 0 Å². The van der Waals surface area contributed by atoms with E-state index in [0.29, 0.717) is 13.0 Å². The SMILES string of the molecule is CCC(CC)(CC)N1CCC(=O)NC2(CCCCC2)C1=O. The van der Waals surface area contributed by atoms with Crippen molar-refractivity contribution in [3.8, 4) is 0 Å². The Kier molecular flexibility index (Phi) is 4.95. The molecule has 1 N–H and O–H groups in total. The average molecular weight is 294 g/mol. The highest BCUT2D eigenvalue weighted by Crippen LogP contribution is 2.37. The van der Waals surface area contributed by atoms with Crippen LogP contribution in [-0.2, 0) is 9.59 Å². The first kappa shape index (κ1) is 16.3. The normalized spacial score (nSPS) is 23.1. The quantitative estimate of drug-likeness (QED) is 0.866. The van der Waals surface area contributed by atoms with Gasteiger partial charge in [-0.15, -0.1) is 0 Å². The molecular formula is C17H30N2O2. The molecule has 0 radical (unpaired) electrons. The molecule has 21 heavy (non-hydrogen) atoms. The van der Waals surface area contributed by atoms with Gasteiger partial charge in [0.25, 0.3) is 0 Å². The van der Waals surface area contributed by atoms with Crippen LogP contribution < -0.4 is 5.32 Å². The van der Waals surface area contributed by atoms with Crippen LogP contribution in [0, 0.1) is 0 Å². The Morgan fingerprint density at radius 2 is 1.62 bits per heavy atom. The summed E-state index contributed by atoms with van der Waals surface area (Å²) in [5, 5.41) is 3.09. The number of hydrogen-bond donors (Lipinski definition) is 1. The van der Waals surface area contributed by atoms with Crippen LogP contribution in [-0.4, -0.2) is 34.3 Å². The van der Waals surface area contributed by atoms with Crippen LogP contribution in [0.4, 0.5) is 0 Å². The summed E-state index contributed by atoms with van der Waals surface area (Å²) in [5.41, 5.74) is -0.704. The molecule has 0 atom stereocenters. The lowest BCUT2D eigenvalue weighted by Crippen LogP contribution is -2.62. The maximum Gasteiger partial charge on any atom is 0.248 e. The zero-order valence-electron chi connectivity index (χ0n) is 13.8. The number of hydrogen-bond acceptors (Lipinski definition) is 2. The van der Waals surface area contributed by atoms with Gasteiger partial charge in [0.15, 0.2) is 0 Å². The first-order valence-corrected chi connectivity index (χ1v) is 8.66. The lowest BCUT2D eigenvalue weighted by Gasteiger charge is -2.47. The lowest BCUT2D eigenvalue weighted by molar-refractivity contribution is -0.146. The number of rotatable bonds is 4. The van der Waals surface area contributed by atoms with Gasteiger partial charge in [-0.1, -0.05) is 40.0 Å². The highest BCUT2D eigenvalue weighted by molar-refractivity contribution is 5.94. The van der Waals surface area contributed by atoms with Crippen molar-refractivity contribution < 1.29 is 9.59 Å². The molecule has 1 heterocycles. The third-order valence-corrected chi connectivity index (χ3v) is 5.85. The summed E-state index contributed by atoms with van der Waals surface area (Å²) in [6.45, 7) is 7.05. The van der Waals surface area contributed by atoms with E-state index >= 15 is 0 Å². The van der Waals surface area contributed by atoms with E-state index in [2.05, 4.69) is 31.0 Å². The minimum absolute atomic E-state index is 0.0463. The van der Waals surface area contributed by atoms with Crippen molar-refractivity contribution in [2.75, 3.05) is 6.54 Å². The zero-order chi connectivity index (χ0) is 15.5. The number of nitrogens with one attached hydrogen (secondary N) is 1. The standard InChI is InChI=1S/C17H30N2O2/c1-4-16(5-2,6-3)19-13-10-14(20)18-17(15(19)21)11-8-7-9-12-17/h4-13H2,1-3H3,(H,18,20). The first-order chi connectivity index (χ1) is 10.0. The summed E-state index contributed by atoms with van der Waals surface area (Å²) < 4.78 is 0. The van der Waals surface area contributed by atoms with E-state index in [1.165, 1.54) is 6.42 Å². The summed E-state index contributed by atoms with van der Waals surface area (Å²) >= 11 is 0. The van der Waals surface area contributed by atoms with Crippen LogP contribution in [0.3, 0.4) is 0 Å². The summed E-state index contributed by atoms with van der Waals surface area (Å²) in [4.78, 5) is 27.5. The summed E-state index contributed by atoms with van der Waals surface area (Å²) in [6, 6.07) is 0. The van der Waals surface area contributed by atoms with Crippen LogP contribution in [0.5, 0.6) is 0 Å². The number of carbonyl (C=O) groups excluding carboxylic acids is 2.